The SMILES string of the molecule is CCC(=O)N[C@@H](C)c1ccc(C2CN(c3ccc(OCC4CC4)cc3)C2)cc1. The number of hydrogen-bond acceptors (Lipinski definition) is 3. The van der Waals surface area contributed by atoms with Gasteiger partial charge in [0.1, 0.15) is 5.75 Å². The van der Waals surface area contributed by atoms with Gasteiger partial charge in [-0.1, -0.05) is 31.2 Å². The molecule has 1 aliphatic carbocycles. The topological polar surface area (TPSA) is 41.6 Å². The van der Waals surface area contributed by atoms with E-state index in [1.807, 2.05) is 13.8 Å². The van der Waals surface area contributed by atoms with Crippen molar-refractivity contribution >= 4 is 11.6 Å². The second-order valence-electron chi connectivity index (χ2n) is 8.16. The Morgan fingerprint density at radius 2 is 1.79 bits per heavy atom. The Morgan fingerprint density at radius 3 is 2.39 bits per heavy atom. The van der Waals surface area contributed by atoms with Crippen molar-refractivity contribution in [1.82, 2.24) is 5.32 Å². The van der Waals surface area contributed by atoms with E-state index in [9.17, 15) is 4.79 Å². The molecule has 1 amide bonds. The first-order valence-electron chi connectivity index (χ1n) is 10.5. The fourth-order valence-corrected chi connectivity index (χ4v) is 3.64. The number of carbonyl (C=O) groups excluding carboxylic acids is 1. The first-order valence-corrected chi connectivity index (χ1v) is 10.5. The van der Waals surface area contributed by atoms with Crippen molar-refractivity contribution in [3.63, 3.8) is 0 Å². The maximum absolute atomic E-state index is 11.6. The van der Waals surface area contributed by atoms with Crippen molar-refractivity contribution < 1.29 is 9.53 Å². The smallest absolute Gasteiger partial charge is 0.220 e. The highest BCUT2D eigenvalue weighted by molar-refractivity contribution is 5.76. The predicted molar refractivity (Wildman–Crippen MR) is 113 cm³/mol. The number of amides is 1. The minimum Gasteiger partial charge on any atom is -0.493 e. The highest BCUT2D eigenvalue weighted by atomic mass is 16.5. The van der Waals surface area contributed by atoms with Gasteiger partial charge in [-0.15, -0.1) is 0 Å². The lowest BCUT2D eigenvalue weighted by Gasteiger charge is -2.41. The number of hydrogen-bond donors (Lipinski definition) is 1. The van der Waals surface area contributed by atoms with Crippen LogP contribution in [0.1, 0.15) is 56.2 Å². The van der Waals surface area contributed by atoms with Crippen molar-refractivity contribution in [2.45, 2.75) is 45.1 Å². The summed E-state index contributed by atoms with van der Waals surface area (Å²) in [5.74, 6) is 2.43. The van der Waals surface area contributed by atoms with Crippen LogP contribution >= 0.6 is 0 Å². The van der Waals surface area contributed by atoms with Gasteiger partial charge in [0.2, 0.25) is 5.91 Å². The van der Waals surface area contributed by atoms with Crippen LogP contribution in [0.5, 0.6) is 5.75 Å². The highest BCUT2D eigenvalue weighted by Gasteiger charge is 2.28. The zero-order valence-electron chi connectivity index (χ0n) is 16.9. The summed E-state index contributed by atoms with van der Waals surface area (Å²) in [5, 5.41) is 3.02. The monoisotopic (exact) mass is 378 g/mol. The third-order valence-corrected chi connectivity index (χ3v) is 5.87. The summed E-state index contributed by atoms with van der Waals surface area (Å²) >= 11 is 0. The number of benzene rings is 2. The standard InChI is InChI=1S/C24H30N2O2/c1-3-24(27)25-17(2)19-6-8-20(9-7-19)21-14-26(15-21)22-10-12-23(13-11-22)28-16-18-4-5-18/h6-13,17-18,21H,3-5,14-16H2,1-2H3,(H,25,27)/t17-/m0/s1. The van der Waals surface area contributed by atoms with Crippen molar-refractivity contribution in [3.05, 3.63) is 59.7 Å². The zero-order valence-corrected chi connectivity index (χ0v) is 16.9. The quantitative estimate of drug-likeness (QED) is 0.726. The van der Waals surface area contributed by atoms with E-state index in [1.165, 1.54) is 24.1 Å². The minimum absolute atomic E-state index is 0.0556. The molecule has 148 valence electrons. The Hall–Kier alpha value is -2.49. The zero-order chi connectivity index (χ0) is 19.5. The molecule has 0 bridgehead atoms. The van der Waals surface area contributed by atoms with E-state index in [2.05, 4.69) is 58.7 Å². The lowest BCUT2D eigenvalue weighted by molar-refractivity contribution is -0.121. The summed E-state index contributed by atoms with van der Waals surface area (Å²) in [6, 6.07) is 17.3. The summed E-state index contributed by atoms with van der Waals surface area (Å²) in [6.45, 7) is 6.86. The second-order valence-corrected chi connectivity index (χ2v) is 8.16. The van der Waals surface area contributed by atoms with E-state index in [0.29, 0.717) is 12.3 Å². The first kappa shape index (κ1) is 18.9. The molecule has 0 unspecified atom stereocenters. The molecule has 1 saturated heterocycles. The maximum atomic E-state index is 11.6. The van der Waals surface area contributed by atoms with Crippen LogP contribution in [-0.2, 0) is 4.79 Å². The Balaban J connectivity index is 1.27. The van der Waals surface area contributed by atoms with Crippen molar-refractivity contribution in [3.8, 4) is 5.75 Å². The maximum Gasteiger partial charge on any atom is 0.220 e. The van der Waals surface area contributed by atoms with Crippen LogP contribution in [0.25, 0.3) is 0 Å². The molecule has 0 radical (unpaired) electrons. The Bertz CT molecular complexity index is 790. The van der Waals surface area contributed by atoms with E-state index in [4.69, 9.17) is 4.74 Å². The lowest BCUT2D eigenvalue weighted by atomic mass is 9.90. The van der Waals surface area contributed by atoms with Crippen LogP contribution in [-0.4, -0.2) is 25.6 Å². The number of carbonyl (C=O) groups is 1. The molecule has 0 spiro atoms. The van der Waals surface area contributed by atoms with E-state index in [1.54, 1.807) is 0 Å². The van der Waals surface area contributed by atoms with E-state index < -0.39 is 0 Å². The van der Waals surface area contributed by atoms with Gasteiger partial charge in [-0.25, -0.2) is 0 Å². The third-order valence-electron chi connectivity index (χ3n) is 5.87. The summed E-state index contributed by atoms with van der Waals surface area (Å²) in [6.07, 6.45) is 3.16. The lowest BCUT2D eigenvalue weighted by Crippen LogP contribution is -2.45. The van der Waals surface area contributed by atoms with Crippen LogP contribution in [0.3, 0.4) is 0 Å². The van der Waals surface area contributed by atoms with Crippen LogP contribution in [0, 0.1) is 5.92 Å². The molecule has 0 aromatic heterocycles. The van der Waals surface area contributed by atoms with Gasteiger partial charge < -0.3 is 15.0 Å². The van der Waals surface area contributed by atoms with Crippen LogP contribution in [0.4, 0.5) is 5.69 Å². The number of anilines is 1. The average molecular weight is 379 g/mol. The molecular weight excluding hydrogens is 348 g/mol. The molecule has 2 aromatic rings. The molecule has 2 aliphatic rings. The predicted octanol–water partition coefficient (Wildman–Crippen LogP) is 4.67. The molecule has 4 rings (SSSR count). The van der Waals surface area contributed by atoms with Gasteiger partial charge in [-0.3, -0.25) is 4.79 Å². The molecular formula is C24H30N2O2. The van der Waals surface area contributed by atoms with Crippen molar-refractivity contribution in [2.24, 2.45) is 5.92 Å². The van der Waals surface area contributed by atoms with Gasteiger partial charge in [-0.2, -0.15) is 0 Å². The number of ether oxygens (including phenoxy) is 1. The van der Waals surface area contributed by atoms with E-state index in [0.717, 1.165) is 36.9 Å². The summed E-state index contributed by atoms with van der Waals surface area (Å²) < 4.78 is 5.82. The molecule has 4 heteroatoms. The molecule has 2 fully saturated rings. The van der Waals surface area contributed by atoms with Crippen LogP contribution in [0.15, 0.2) is 48.5 Å². The van der Waals surface area contributed by atoms with E-state index in [-0.39, 0.29) is 11.9 Å². The van der Waals surface area contributed by atoms with Gasteiger partial charge in [0.15, 0.2) is 0 Å². The molecule has 2 aromatic carbocycles. The molecule has 1 atom stereocenters. The largest absolute Gasteiger partial charge is 0.493 e. The molecule has 28 heavy (non-hydrogen) atoms. The number of rotatable bonds is 8. The molecule has 1 saturated carbocycles. The van der Waals surface area contributed by atoms with Crippen molar-refractivity contribution in [2.75, 3.05) is 24.6 Å². The summed E-state index contributed by atoms with van der Waals surface area (Å²) in [4.78, 5) is 14.0. The van der Waals surface area contributed by atoms with Gasteiger partial charge in [0, 0.05) is 31.1 Å². The molecule has 1 heterocycles. The molecule has 4 nitrogen and oxygen atoms in total. The Labute approximate surface area is 167 Å². The minimum atomic E-state index is 0.0556. The second kappa shape index (κ2) is 8.26. The number of nitrogens with one attached hydrogen (secondary N) is 1. The van der Waals surface area contributed by atoms with Crippen LogP contribution < -0.4 is 15.0 Å². The van der Waals surface area contributed by atoms with Gasteiger partial charge in [0.25, 0.3) is 0 Å². The Kier molecular flexibility index (Phi) is 5.56. The van der Waals surface area contributed by atoms with Crippen molar-refractivity contribution in [1.29, 1.82) is 0 Å². The summed E-state index contributed by atoms with van der Waals surface area (Å²) in [7, 11) is 0. The molecule has 1 aliphatic heterocycles. The van der Waals surface area contributed by atoms with Gasteiger partial charge in [-0.05, 0) is 61.1 Å². The first-order chi connectivity index (χ1) is 13.6. The Morgan fingerprint density at radius 1 is 1.11 bits per heavy atom. The third kappa shape index (κ3) is 4.49. The number of nitrogens with zero attached hydrogens (tertiary/aromatic N) is 1. The van der Waals surface area contributed by atoms with Crippen LogP contribution in [0.2, 0.25) is 0 Å². The van der Waals surface area contributed by atoms with Gasteiger partial charge >= 0.3 is 0 Å². The average Bonchev–Trinajstić information content (AvgIpc) is 3.51. The fraction of sp³-hybridized carbons (Fsp3) is 0.458. The molecule has 1 N–H and O–H groups in total. The summed E-state index contributed by atoms with van der Waals surface area (Å²) in [5.41, 5.74) is 3.80. The highest BCUT2D eigenvalue weighted by Crippen LogP contribution is 2.34. The van der Waals surface area contributed by atoms with Gasteiger partial charge in [0.05, 0.1) is 12.6 Å². The normalized spacial score (nSPS) is 17.7. The fourth-order valence-electron chi connectivity index (χ4n) is 3.64. The van der Waals surface area contributed by atoms with E-state index >= 15 is 0 Å².